The Morgan fingerprint density at radius 3 is 2.62 bits per heavy atom. The molecule has 4 heteroatoms. The summed E-state index contributed by atoms with van der Waals surface area (Å²) in [5.74, 6) is 2.38. The van der Waals surface area contributed by atoms with Crippen LogP contribution in [0.2, 0.25) is 0 Å². The second-order valence-corrected chi connectivity index (χ2v) is 5.15. The van der Waals surface area contributed by atoms with Gasteiger partial charge in [0.25, 0.3) is 0 Å². The molecule has 0 fully saturated rings. The first-order valence-corrected chi connectivity index (χ1v) is 7.57. The van der Waals surface area contributed by atoms with Crippen LogP contribution in [0.15, 0.2) is 53.3 Å². The molecular formula is C17H17ClN2O. The summed E-state index contributed by atoms with van der Waals surface area (Å²) >= 11 is 6.02. The number of alkyl halides is 1. The predicted molar refractivity (Wildman–Crippen MR) is 86.7 cm³/mol. The first kappa shape index (κ1) is 14.0. The van der Waals surface area contributed by atoms with Crippen LogP contribution in [-0.4, -0.2) is 11.5 Å². The summed E-state index contributed by atoms with van der Waals surface area (Å²) in [5, 5.41) is 2.29. The third-order valence-electron chi connectivity index (χ3n) is 3.61. The van der Waals surface area contributed by atoms with E-state index in [1.165, 1.54) is 0 Å². The van der Waals surface area contributed by atoms with E-state index in [4.69, 9.17) is 16.0 Å². The lowest BCUT2D eigenvalue weighted by Gasteiger charge is -2.23. The van der Waals surface area contributed by atoms with Gasteiger partial charge in [-0.1, -0.05) is 24.3 Å². The number of fused-ring (bicyclic) bond motifs is 1. The van der Waals surface area contributed by atoms with Gasteiger partial charge in [-0.15, -0.1) is 11.6 Å². The summed E-state index contributed by atoms with van der Waals surface area (Å²) < 4.78 is 5.45. The minimum atomic E-state index is 0.470. The van der Waals surface area contributed by atoms with Crippen LogP contribution in [0.5, 0.6) is 0 Å². The Morgan fingerprint density at radius 2 is 1.95 bits per heavy atom. The fraction of sp³-hybridized carbons (Fsp3) is 0.235. The van der Waals surface area contributed by atoms with E-state index in [1.807, 2.05) is 30.5 Å². The molecule has 0 atom stereocenters. The van der Waals surface area contributed by atoms with Crippen molar-refractivity contribution < 1.29 is 4.42 Å². The Labute approximate surface area is 129 Å². The molecule has 21 heavy (non-hydrogen) atoms. The van der Waals surface area contributed by atoms with Gasteiger partial charge in [-0.3, -0.25) is 0 Å². The zero-order valence-electron chi connectivity index (χ0n) is 11.9. The molecule has 0 saturated heterocycles. The Kier molecular flexibility index (Phi) is 4.11. The highest BCUT2D eigenvalue weighted by molar-refractivity contribution is 6.18. The maximum absolute atomic E-state index is 6.02. The van der Waals surface area contributed by atoms with E-state index in [0.29, 0.717) is 12.4 Å². The molecule has 0 radical (unpaired) electrons. The van der Waals surface area contributed by atoms with E-state index in [9.17, 15) is 0 Å². The smallest absolute Gasteiger partial charge is 0.136 e. The number of hydrogen-bond acceptors (Lipinski definition) is 3. The van der Waals surface area contributed by atoms with Crippen molar-refractivity contribution in [3.05, 3.63) is 60.2 Å². The predicted octanol–water partition coefficient (Wildman–Crippen LogP) is 4.59. The van der Waals surface area contributed by atoms with Gasteiger partial charge < -0.3 is 9.32 Å². The molecule has 2 aromatic heterocycles. The summed E-state index contributed by atoms with van der Waals surface area (Å²) in [7, 11) is 0. The van der Waals surface area contributed by atoms with Gasteiger partial charge in [0.2, 0.25) is 0 Å². The van der Waals surface area contributed by atoms with Crippen LogP contribution in [0.4, 0.5) is 5.82 Å². The third-order valence-corrected chi connectivity index (χ3v) is 3.90. The molecular weight excluding hydrogens is 284 g/mol. The topological polar surface area (TPSA) is 29.3 Å². The Bertz CT molecular complexity index is 725. The van der Waals surface area contributed by atoms with Crippen molar-refractivity contribution in [3.8, 4) is 0 Å². The maximum Gasteiger partial charge on any atom is 0.136 e. The quantitative estimate of drug-likeness (QED) is 0.645. The zero-order chi connectivity index (χ0) is 14.7. The Morgan fingerprint density at radius 1 is 1.14 bits per heavy atom. The van der Waals surface area contributed by atoms with E-state index in [-0.39, 0.29) is 0 Å². The van der Waals surface area contributed by atoms with Crippen LogP contribution >= 0.6 is 11.6 Å². The number of hydrogen-bond donors (Lipinski definition) is 0. The normalized spacial score (nSPS) is 11.0. The van der Waals surface area contributed by atoms with Gasteiger partial charge in [0.15, 0.2) is 0 Å². The van der Waals surface area contributed by atoms with Crippen LogP contribution < -0.4 is 4.90 Å². The number of pyridine rings is 1. The molecule has 2 heterocycles. The summed E-state index contributed by atoms with van der Waals surface area (Å²) in [5.41, 5.74) is 1.06. The van der Waals surface area contributed by atoms with Gasteiger partial charge in [0.1, 0.15) is 11.6 Å². The van der Waals surface area contributed by atoms with Gasteiger partial charge >= 0.3 is 0 Å². The lowest BCUT2D eigenvalue weighted by molar-refractivity contribution is 0.503. The van der Waals surface area contributed by atoms with Crippen LogP contribution in [-0.2, 0) is 12.4 Å². The fourth-order valence-corrected chi connectivity index (χ4v) is 2.73. The number of benzene rings is 1. The van der Waals surface area contributed by atoms with Gasteiger partial charge in [0, 0.05) is 24.0 Å². The molecule has 108 valence electrons. The van der Waals surface area contributed by atoms with Gasteiger partial charge in [-0.25, -0.2) is 4.98 Å². The minimum Gasteiger partial charge on any atom is -0.467 e. The molecule has 0 N–H and O–H groups in total. The summed E-state index contributed by atoms with van der Waals surface area (Å²) in [6, 6.07) is 12.2. The molecule has 0 bridgehead atoms. The molecule has 0 saturated carbocycles. The molecule has 0 unspecified atom stereocenters. The van der Waals surface area contributed by atoms with Gasteiger partial charge in [-0.2, -0.15) is 0 Å². The molecule has 3 rings (SSSR count). The maximum atomic E-state index is 6.02. The number of rotatable bonds is 5. The summed E-state index contributed by atoms with van der Waals surface area (Å²) in [6.45, 7) is 3.69. The fourth-order valence-electron chi connectivity index (χ4n) is 2.52. The van der Waals surface area contributed by atoms with Crippen molar-refractivity contribution >= 4 is 28.2 Å². The number of halogens is 1. The minimum absolute atomic E-state index is 0.470. The van der Waals surface area contributed by atoms with E-state index < -0.39 is 0 Å². The molecule has 0 aliphatic heterocycles. The van der Waals surface area contributed by atoms with Crippen molar-refractivity contribution in [1.82, 2.24) is 4.98 Å². The first-order chi connectivity index (χ1) is 10.3. The lowest BCUT2D eigenvalue weighted by atomic mass is 10.1. The zero-order valence-corrected chi connectivity index (χ0v) is 12.7. The molecule has 3 aromatic rings. The van der Waals surface area contributed by atoms with Gasteiger partial charge in [-0.05, 0) is 30.0 Å². The first-order valence-electron chi connectivity index (χ1n) is 7.03. The number of furan rings is 1. The second-order valence-electron chi connectivity index (χ2n) is 4.88. The SMILES string of the molecule is CCN(Cc1ccco1)c1ncc(CCl)c2ccccc12. The van der Waals surface area contributed by atoms with E-state index >= 15 is 0 Å². The van der Waals surface area contributed by atoms with E-state index in [1.54, 1.807) is 6.26 Å². The molecule has 1 aromatic carbocycles. The van der Waals surface area contributed by atoms with Crippen molar-refractivity contribution in [2.45, 2.75) is 19.3 Å². The average Bonchev–Trinajstić information content (AvgIpc) is 3.05. The Hall–Kier alpha value is -2.00. The van der Waals surface area contributed by atoms with E-state index in [2.05, 4.69) is 28.9 Å². The highest BCUT2D eigenvalue weighted by Gasteiger charge is 2.13. The number of aromatic nitrogens is 1. The van der Waals surface area contributed by atoms with Crippen molar-refractivity contribution in [2.75, 3.05) is 11.4 Å². The van der Waals surface area contributed by atoms with Crippen molar-refractivity contribution in [3.63, 3.8) is 0 Å². The third kappa shape index (κ3) is 2.74. The molecule has 0 aliphatic rings. The Balaban J connectivity index is 2.06. The van der Waals surface area contributed by atoms with Crippen LogP contribution in [0, 0.1) is 0 Å². The van der Waals surface area contributed by atoms with Crippen molar-refractivity contribution in [1.29, 1.82) is 0 Å². The highest BCUT2D eigenvalue weighted by atomic mass is 35.5. The number of anilines is 1. The summed E-state index contributed by atoms with van der Waals surface area (Å²) in [4.78, 5) is 6.84. The molecule has 0 spiro atoms. The van der Waals surface area contributed by atoms with Crippen molar-refractivity contribution in [2.24, 2.45) is 0 Å². The highest BCUT2D eigenvalue weighted by Crippen LogP contribution is 2.28. The van der Waals surface area contributed by atoms with Crippen LogP contribution in [0.3, 0.4) is 0 Å². The molecule has 0 amide bonds. The standard InChI is InChI=1S/C17H17ClN2O/c1-2-20(12-14-6-5-9-21-14)17-16-8-4-3-7-15(16)13(10-18)11-19-17/h3-9,11H,2,10,12H2,1H3. The molecule has 0 aliphatic carbocycles. The summed E-state index contributed by atoms with van der Waals surface area (Å²) in [6.07, 6.45) is 3.57. The molecule has 3 nitrogen and oxygen atoms in total. The number of nitrogens with zero attached hydrogens (tertiary/aromatic N) is 2. The lowest BCUT2D eigenvalue weighted by Crippen LogP contribution is -2.23. The average molecular weight is 301 g/mol. The van der Waals surface area contributed by atoms with Crippen LogP contribution in [0.25, 0.3) is 10.8 Å². The van der Waals surface area contributed by atoms with E-state index in [0.717, 1.165) is 34.5 Å². The largest absolute Gasteiger partial charge is 0.467 e. The van der Waals surface area contributed by atoms with Crippen LogP contribution in [0.1, 0.15) is 18.2 Å². The second kappa shape index (κ2) is 6.19. The monoisotopic (exact) mass is 300 g/mol. The van der Waals surface area contributed by atoms with Gasteiger partial charge in [0.05, 0.1) is 12.8 Å².